The number of amides is 1. The third-order valence-corrected chi connectivity index (χ3v) is 2.39. The van der Waals surface area contributed by atoms with Crippen LogP contribution in [0.4, 0.5) is 5.88 Å². The molecule has 0 aliphatic heterocycles. The molecule has 0 spiro atoms. The third-order valence-electron chi connectivity index (χ3n) is 2.39. The summed E-state index contributed by atoms with van der Waals surface area (Å²) < 4.78 is 4.78. The number of carbonyl (C=O) groups is 1. The maximum absolute atomic E-state index is 11.6. The Labute approximate surface area is 108 Å². The first-order valence-electron chi connectivity index (χ1n) is 5.59. The lowest BCUT2D eigenvalue weighted by Gasteiger charge is -2.02. The number of nitrogens with one attached hydrogen (secondary N) is 1. The van der Waals surface area contributed by atoms with Gasteiger partial charge in [-0.15, -0.1) is 0 Å². The molecule has 7 nitrogen and oxygen atoms in total. The van der Waals surface area contributed by atoms with E-state index in [2.05, 4.69) is 10.3 Å². The quantitative estimate of drug-likeness (QED) is 0.650. The molecule has 0 saturated carbocycles. The smallest absolute Gasteiger partial charge is 0.395 e. The van der Waals surface area contributed by atoms with Crippen molar-refractivity contribution in [3.05, 3.63) is 58.1 Å². The molecule has 0 aliphatic carbocycles. The van der Waals surface area contributed by atoms with Crippen LogP contribution in [0.25, 0.3) is 0 Å². The van der Waals surface area contributed by atoms with Gasteiger partial charge in [0, 0.05) is 24.9 Å². The van der Waals surface area contributed by atoms with Crippen LogP contribution in [-0.2, 0) is 6.42 Å². The molecular weight excluding hydrogens is 250 g/mol. The van der Waals surface area contributed by atoms with Crippen molar-refractivity contribution in [3.8, 4) is 0 Å². The fourth-order valence-electron chi connectivity index (χ4n) is 1.49. The van der Waals surface area contributed by atoms with Gasteiger partial charge in [-0.25, -0.2) is 0 Å². The molecule has 2 rings (SSSR count). The van der Waals surface area contributed by atoms with Gasteiger partial charge in [0.25, 0.3) is 5.91 Å². The van der Waals surface area contributed by atoms with Crippen LogP contribution >= 0.6 is 0 Å². The van der Waals surface area contributed by atoms with E-state index in [-0.39, 0.29) is 5.76 Å². The largest absolute Gasteiger partial charge is 0.433 e. The highest BCUT2D eigenvalue weighted by Gasteiger charge is 2.16. The molecule has 7 heteroatoms. The SMILES string of the molecule is O=C(NCCc1ccccn1)c1ccc([N+](=O)[O-])o1. The molecule has 0 aliphatic rings. The van der Waals surface area contributed by atoms with Crippen LogP contribution in [0.15, 0.2) is 40.9 Å². The Balaban J connectivity index is 1.85. The molecule has 19 heavy (non-hydrogen) atoms. The van der Waals surface area contributed by atoms with Crippen LogP contribution in [0.2, 0.25) is 0 Å². The van der Waals surface area contributed by atoms with E-state index in [1.54, 1.807) is 6.20 Å². The molecule has 1 N–H and O–H groups in total. The van der Waals surface area contributed by atoms with Crippen molar-refractivity contribution in [2.75, 3.05) is 6.54 Å². The molecule has 2 heterocycles. The Morgan fingerprint density at radius 2 is 2.21 bits per heavy atom. The van der Waals surface area contributed by atoms with Gasteiger partial charge in [0.05, 0.1) is 6.07 Å². The Kier molecular flexibility index (Phi) is 3.87. The molecule has 0 fully saturated rings. The van der Waals surface area contributed by atoms with E-state index < -0.39 is 16.7 Å². The second kappa shape index (κ2) is 5.76. The lowest BCUT2D eigenvalue weighted by Crippen LogP contribution is -2.25. The summed E-state index contributed by atoms with van der Waals surface area (Å²) >= 11 is 0. The van der Waals surface area contributed by atoms with Gasteiger partial charge in [-0.2, -0.15) is 0 Å². The maximum atomic E-state index is 11.6. The number of rotatable bonds is 5. The minimum absolute atomic E-state index is 0.0762. The van der Waals surface area contributed by atoms with E-state index in [9.17, 15) is 14.9 Å². The molecule has 2 aromatic heterocycles. The van der Waals surface area contributed by atoms with Gasteiger partial charge in [-0.1, -0.05) is 6.07 Å². The van der Waals surface area contributed by atoms with E-state index in [0.717, 1.165) is 11.8 Å². The van der Waals surface area contributed by atoms with E-state index in [1.165, 1.54) is 6.07 Å². The molecular formula is C12H11N3O4. The second-order valence-corrected chi connectivity index (χ2v) is 3.72. The first-order chi connectivity index (χ1) is 9.16. The van der Waals surface area contributed by atoms with E-state index in [0.29, 0.717) is 13.0 Å². The molecule has 2 aromatic rings. The van der Waals surface area contributed by atoms with Crippen molar-refractivity contribution >= 4 is 11.8 Å². The van der Waals surface area contributed by atoms with Crippen LogP contribution in [-0.4, -0.2) is 22.4 Å². The lowest BCUT2D eigenvalue weighted by atomic mass is 10.2. The average molecular weight is 261 g/mol. The molecule has 0 aromatic carbocycles. The first kappa shape index (κ1) is 12.7. The summed E-state index contributed by atoms with van der Waals surface area (Å²) in [7, 11) is 0. The van der Waals surface area contributed by atoms with Crippen molar-refractivity contribution in [2.45, 2.75) is 6.42 Å². The monoisotopic (exact) mass is 261 g/mol. The Morgan fingerprint density at radius 1 is 1.37 bits per heavy atom. The minimum atomic E-state index is -0.690. The lowest BCUT2D eigenvalue weighted by molar-refractivity contribution is -0.402. The van der Waals surface area contributed by atoms with E-state index in [4.69, 9.17) is 4.42 Å². The minimum Gasteiger partial charge on any atom is -0.395 e. The normalized spacial score (nSPS) is 10.1. The zero-order chi connectivity index (χ0) is 13.7. The van der Waals surface area contributed by atoms with Crippen molar-refractivity contribution < 1.29 is 14.1 Å². The average Bonchev–Trinajstić information content (AvgIpc) is 2.89. The van der Waals surface area contributed by atoms with Gasteiger partial charge in [0.15, 0.2) is 5.76 Å². The first-order valence-corrected chi connectivity index (χ1v) is 5.59. The van der Waals surface area contributed by atoms with Crippen LogP contribution in [0, 0.1) is 10.1 Å². The Morgan fingerprint density at radius 3 is 2.84 bits per heavy atom. The third kappa shape index (κ3) is 3.38. The van der Waals surface area contributed by atoms with Crippen molar-refractivity contribution in [1.29, 1.82) is 0 Å². The number of nitro groups is 1. The highest BCUT2D eigenvalue weighted by atomic mass is 16.6. The number of pyridine rings is 1. The predicted molar refractivity (Wildman–Crippen MR) is 65.6 cm³/mol. The van der Waals surface area contributed by atoms with Crippen LogP contribution in [0.1, 0.15) is 16.2 Å². The number of nitrogens with zero attached hydrogens (tertiary/aromatic N) is 2. The van der Waals surface area contributed by atoms with Crippen LogP contribution in [0.3, 0.4) is 0 Å². The van der Waals surface area contributed by atoms with E-state index >= 15 is 0 Å². The summed E-state index contributed by atoms with van der Waals surface area (Å²) in [5.74, 6) is -1.01. The maximum Gasteiger partial charge on any atom is 0.433 e. The number of carbonyl (C=O) groups excluding carboxylic acids is 1. The number of furan rings is 1. The second-order valence-electron chi connectivity index (χ2n) is 3.72. The molecule has 0 atom stereocenters. The standard InChI is InChI=1S/C12H11N3O4/c16-12(10-4-5-11(19-10)15(17)18)14-8-6-9-3-1-2-7-13-9/h1-5,7H,6,8H2,(H,14,16). The zero-order valence-corrected chi connectivity index (χ0v) is 9.91. The predicted octanol–water partition coefficient (Wildman–Crippen LogP) is 1.56. The molecule has 0 bridgehead atoms. The molecule has 0 saturated heterocycles. The topological polar surface area (TPSA) is 98.3 Å². The van der Waals surface area contributed by atoms with Gasteiger partial charge >= 0.3 is 5.88 Å². The number of aromatic nitrogens is 1. The fourth-order valence-corrected chi connectivity index (χ4v) is 1.49. The summed E-state index contributed by atoms with van der Waals surface area (Å²) in [6.45, 7) is 0.379. The molecule has 1 amide bonds. The number of hydrogen-bond acceptors (Lipinski definition) is 5. The number of hydrogen-bond donors (Lipinski definition) is 1. The zero-order valence-electron chi connectivity index (χ0n) is 9.91. The summed E-state index contributed by atoms with van der Waals surface area (Å²) in [6, 6.07) is 7.94. The Bertz CT molecular complexity index is 580. The van der Waals surface area contributed by atoms with Crippen molar-refractivity contribution in [1.82, 2.24) is 10.3 Å². The molecule has 98 valence electrons. The highest BCUT2D eigenvalue weighted by Crippen LogP contribution is 2.15. The summed E-state index contributed by atoms with van der Waals surface area (Å²) in [5.41, 5.74) is 0.855. The van der Waals surface area contributed by atoms with E-state index in [1.807, 2.05) is 18.2 Å². The summed E-state index contributed by atoms with van der Waals surface area (Å²) in [5, 5.41) is 13.0. The van der Waals surface area contributed by atoms with Gasteiger partial charge in [-0.05, 0) is 18.2 Å². The van der Waals surface area contributed by atoms with Crippen molar-refractivity contribution in [2.24, 2.45) is 0 Å². The van der Waals surface area contributed by atoms with Crippen LogP contribution in [0.5, 0.6) is 0 Å². The highest BCUT2D eigenvalue weighted by molar-refractivity contribution is 5.91. The van der Waals surface area contributed by atoms with Gasteiger partial charge in [0.2, 0.25) is 0 Å². The molecule has 0 unspecified atom stereocenters. The Hall–Kier alpha value is -2.70. The fraction of sp³-hybridized carbons (Fsp3) is 0.167. The van der Waals surface area contributed by atoms with Gasteiger partial charge in [-0.3, -0.25) is 19.9 Å². The van der Waals surface area contributed by atoms with Crippen molar-refractivity contribution in [3.63, 3.8) is 0 Å². The van der Waals surface area contributed by atoms with Gasteiger partial charge < -0.3 is 9.73 Å². The van der Waals surface area contributed by atoms with Crippen LogP contribution < -0.4 is 5.32 Å². The van der Waals surface area contributed by atoms with Gasteiger partial charge in [0.1, 0.15) is 4.92 Å². The molecule has 0 radical (unpaired) electrons. The summed E-state index contributed by atoms with van der Waals surface area (Å²) in [6.07, 6.45) is 2.25. The summed E-state index contributed by atoms with van der Waals surface area (Å²) in [4.78, 5) is 25.5.